The molecule has 0 aliphatic rings. The van der Waals surface area contributed by atoms with E-state index >= 15 is 0 Å². The Morgan fingerprint density at radius 3 is 2.28 bits per heavy atom. The molecule has 134 valence electrons. The second-order valence-corrected chi connectivity index (χ2v) is 5.74. The van der Waals surface area contributed by atoms with E-state index in [0.717, 1.165) is 11.3 Å². The molecule has 0 fully saturated rings. The van der Waals surface area contributed by atoms with Crippen molar-refractivity contribution in [3.05, 3.63) is 59.1 Å². The maximum atomic E-state index is 11.7. The predicted octanol–water partition coefficient (Wildman–Crippen LogP) is 3.88. The van der Waals surface area contributed by atoms with Crippen LogP contribution in [-0.4, -0.2) is 32.4 Å². The van der Waals surface area contributed by atoms with E-state index in [1.54, 1.807) is 38.3 Å². The van der Waals surface area contributed by atoms with Gasteiger partial charge >= 0.3 is 5.97 Å². The van der Waals surface area contributed by atoms with E-state index < -0.39 is 12.1 Å². The van der Waals surface area contributed by atoms with Gasteiger partial charge in [-0.05, 0) is 48.9 Å². The normalized spacial score (nSPS) is 11.6. The molecule has 0 aromatic heterocycles. The maximum absolute atomic E-state index is 11.7. The third-order valence-electron chi connectivity index (χ3n) is 3.32. The van der Waals surface area contributed by atoms with Crippen LogP contribution in [-0.2, 0) is 20.9 Å². The van der Waals surface area contributed by atoms with Crippen LogP contribution in [0.25, 0.3) is 0 Å². The molecule has 0 aliphatic carbocycles. The maximum Gasteiger partial charge on any atom is 0.347 e. The molecular weight excluding hydrogens is 344 g/mol. The van der Waals surface area contributed by atoms with Crippen molar-refractivity contribution in [2.45, 2.75) is 19.6 Å². The molecule has 2 rings (SSSR count). The molecule has 25 heavy (non-hydrogen) atoms. The number of halogens is 1. The summed E-state index contributed by atoms with van der Waals surface area (Å²) in [6.07, 6.45) is -0.687. The minimum atomic E-state index is -0.687. The number of carbonyl (C=O) groups is 1. The number of ether oxygens (including phenoxy) is 4. The Bertz CT molecular complexity index is 655. The smallest absolute Gasteiger partial charge is 0.347 e. The molecule has 0 heterocycles. The van der Waals surface area contributed by atoms with E-state index in [2.05, 4.69) is 0 Å². The fraction of sp³-hybridized carbons (Fsp3) is 0.316. The van der Waals surface area contributed by atoms with Crippen molar-refractivity contribution in [1.82, 2.24) is 0 Å². The van der Waals surface area contributed by atoms with Crippen LogP contribution in [0.4, 0.5) is 0 Å². The number of methoxy groups -OCH3 is 1. The predicted molar refractivity (Wildman–Crippen MR) is 95.2 cm³/mol. The summed E-state index contributed by atoms with van der Waals surface area (Å²) >= 11 is 5.84. The van der Waals surface area contributed by atoms with Crippen LogP contribution in [0.15, 0.2) is 48.5 Å². The Morgan fingerprint density at radius 1 is 1.00 bits per heavy atom. The van der Waals surface area contributed by atoms with Gasteiger partial charge in [-0.2, -0.15) is 0 Å². The lowest BCUT2D eigenvalue weighted by Gasteiger charge is -2.14. The average Bonchev–Trinajstić information content (AvgIpc) is 2.62. The first-order chi connectivity index (χ1) is 12.1. The minimum Gasteiger partial charge on any atom is -0.489 e. The van der Waals surface area contributed by atoms with Gasteiger partial charge in [-0.3, -0.25) is 0 Å². The minimum absolute atomic E-state index is 0.212. The van der Waals surface area contributed by atoms with Gasteiger partial charge in [-0.25, -0.2) is 4.79 Å². The van der Waals surface area contributed by atoms with Gasteiger partial charge in [-0.15, -0.1) is 0 Å². The van der Waals surface area contributed by atoms with Gasteiger partial charge in [0.15, 0.2) is 6.10 Å². The van der Waals surface area contributed by atoms with Gasteiger partial charge in [-0.1, -0.05) is 23.7 Å². The van der Waals surface area contributed by atoms with E-state index in [-0.39, 0.29) is 6.61 Å². The third-order valence-corrected chi connectivity index (χ3v) is 3.57. The van der Waals surface area contributed by atoms with Crippen molar-refractivity contribution >= 4 is 17.6 Å². The quantitative estimate of drug-likeness (QED) is 0.499. The van der Waals surface area contributed by atoms with Crippen molar-refractivity contribution in [3.63, 3.8) is 0 Å². The SMILES string of the molecule is COCCOC(=O)C(C)Oc1ccc(COc2ccc(Cl)cc2)cc1. The van der Waals surface area contributed by atoms with Crippen molar-refractivity contribution < 1.29 is 23.7 Å². The number of hydrogen-bond donors (Lipinski definition) is 0. The lowest BCUT2D eigenvalue weighted by molar-refractivity contribution is -0.152. The van der Waals surface area contributed by atoms with E-state index in [1.165, 1.54) is 0 Å². The summed E-state index contributed by atoms with van der Waals surface area (Å²) in [6, 6.07) is 14.5. The number of esters is 1. The molecule has 1 unspecified atom stereocenters. The van der Waals surface area contributed by atoms with Crippen LogP contribution in [0.5, 0.6) is 11.5 Å². The lowest BCUT2D eigenvalue weighted by Crippen LogP contribution is -2.27. The molecule has 0 N–H and O–H groups in total. The fourth-order valence-corrected chi connectivity index (χ4v) is 2.08. The van der Waals surface area contributed by atoms with Gasteiger partial charge in [0.2, 0.25) is 0 Å². The molecule has 0 spiro atoms. The van der Waals surface area contributed by atoms with Gasteiger partial charge in [0, 0.05) is 12.1 Å². The van der Waals surface area contributed by atoms with Gasteiger partial charge in [0.1, 0.15) is 24.7 Å². The first-order valence-corrected chi connectivity index (χ1v) is 8.26. The standard InChI is InChI=1S/C19H21ClO5/c1-14(19(21)23-12-11-22-2)25-18-7-3-15(4-8-18)13-24-17-9-5-16(20)6-10-17/h3-10,14H,11-13H2,1-2H3. The van der Waals surface area contributed by atoms with E-state index in [0.29, 0.717) is 24.0 Å². The molecule has 0 amide bonds. The Balaban J connectivity index is 1.80. The highest BCUT2D eigenvalue weighted by atomic mass is 35.5. The lowest BCUT2D eigenvalue weighted by atomic mass is 10.2. The second-order valence-electron chi connectivity index (χ2n) is 5.31. The Morgan fingerprint density at radius 2 is 1.64 bits per heavy atom. The zero-order valence-electron chi connectivity index (χ0n) is 14.2. The number of carbonyl (C=O) groups excluding carboxylic acids is 1. The second kappa shape index (κ2) is 9.91. The van der Waals surface area contributed by atoms with Crippen molar-refractivity contribution in [2.75, 3.05) is 20.3 Å². The summed E-state index contributed by atoms with van der Waals surface area (Å²) in [5, 5.41) is 0.670. The Labute approximate surface area is 152 Å². The molecule has 0 saturated carbocycles. The Kier molecular flexibility index (Phi) is 7.57. The highest BCUT2D eigenvalue weighted by Crippen LogP contribution is 2.18. The number of benzene rings is 2. The molecule has 0 saturated heterocycles. The molecule has 2 aromatic carbocycles. The topological polar surface area (TPSA) is 54.0 Å². The highest BCUT2D eigenvalue weighted by Gasteiger charge is 2.16. The first-order valence-electron chi connectivity index (χ1n) is 7.88. The molecule has 0 radical (unpaired) electrons. The van der Waals surface area contributed by atoms with Crippen molar-refractivity contribution in [2.24, 2.45) is 0 Å². The highest BCUT2D eigenvalue weighted by molar-refractivity contribution is 6.30. The molecule has 0 bridgehead atoms. The monoisotopic (exact) mass is 364 g/mol. The third kappa shape index (κ3) is 6.64. The average molecular weight is 365 g/mol. The van der Waals surface area contributed by atoms with Gasteiger partial charge < -0.3 is 18.9 Å². The van der Waals surface area contributed by atoms with Crippen LogP contribution in [0.3, 0.4) is 0 Å². The summed E-state index contributed by atoms with van der Waals surface area (Å²) in [5.74, 6) is 0.913. The summed E-state index contributed by atoms with van der Waals surface area (Å²) in [4.78, 5) is 11.7. The molecular formula is C19H21ClO5. The molecule has 0 aliphatic heterocycles. The fourth-order valence-electron chi connectivity index (χ4n) is 1.96. The van der Waals surface area contributed by atoms with E-state index in [4.69, 9.17) is 30.5 Å². The van der Waals surface area contributed by atoms with Gasteiger partial charge in [0.25, 0.3) is 0 Å². The first kappa shape index (κ1) is 19.1. The van der Waals surface area contributed by atoms with Crippen LogP contribution in [0.2, 0.25) is 5.02 Å². The Hall–Kier alpha value is -2.24. The van der Waals surface area contributed by atoms with E-state index in [9.17, 15) is 4.79 Å². The molecule has 5 nitrogen and oxygen atoms in total. The number of rotatable bonds is 9. The van der Waals surface area contributed by atoms with Crippen LogP contribution >= 0.6 is 11.6 Å². The van der Waals surface area contributed by atoms with E-state index in [1.807, 2.05) is 24.3 Å². The molecule has 1 atom stereocenters. The van der Waals surface area contributed by atoms with Gasteiger partial charge in [0.05, 0.1) is 6.61 Å². The zero-order chi connectivity index (χ0) is 18.1. The molecule has 2 aromatic rings. The van der Waals surface area contributed by atoms with Crippen molar-refractivity contribution in [3.8, 4) is 11.5 Å². The van der Waals surface area contributed by atoms with Crippen molar-refractivity contribution in [1.29, 1.82) is 0 Å². The summed E-state index contributed by atoms with van der Waals surface area (Å²) < 4.78 is 21.1. The largest absolute Gasteiger partial charge is 0.489 e. The zero-order valence-corrected chi connectivity index (χ0v) is 15.0. The van der Waals surface area contributed by atoms with Crippen LogP contribution < -0.4 is 9.47 Å². The summed E-state index contributed by atoms with van der Waals surface area (Å²) in [5.41, 5.74) is 0.984. The molecule has 6 heteroatoms. The summed E-state index contributed by atoms with van der Waals surface area (Å²) in [7, 11) is 1.55. The van der Waals surface area contributed by atoms with Crippen LogP contribution in [0.1, 0.15) is 12.5 Å². The van der Waals surface area contributed by atoms with Crippen LogP contribution in [0, 0.1) is 0 Å². The number of hydrogen-bond acceptors (Lipinski definition) is 5. The summed E-state index contributed by atoms with van der Waals surface area (Å²) in [6.45, 7) is 2.65.